The summed E-state index contributed by atoms with van der Waals surface area (Å²) in [5, 5.41) is 12.4. The monoisotopic (exact) mass is 291 g/mol. The van der Waals surface area contributed by atoms with Crippen molar-refractivity contribution in [2.75, 3.05) is 32.1 Å². The SMILES string of the molecule is Cc1cccc(C)c1NC(=O)C1CCCC[N+]1(C)CCO. The molecule has 2 atom stereocenters. The second-order valence-corrected chi connectivity index (χ2v) is 6.42. The van der Waals surface area contributed by atoms with E-state index in [2.05, 4.69) is 12.4 Å². The Morgan fingerprint density at radius 3 is 2.62 bits per heavy atom. The van der Waals surface area contributed by atoms with Crippen LogP contribution in [0.15, 0.2) is 18.2 Å². The van der Waals surface area contributed by atoms with E-state index in [-0.39, 0.29) is 18.6 Å². The Bertz CT molecular complexity index is 491. The molecule has 1 saturated heterocycles. The van der Waals surface area contributed by atoms with Crippen molar-refractivity contribution in [3.8, 4) is 0 Å². The molecule has 1 aliphatic heterocycles. The average molecular weight is 291 g/mol. The van der Waals surface area contributed by atoms with E-state index in [1.807, 2.05) is 32.0 Å². The van der Waals surface area contributed by atoms with Crippen molar-refractivity contribution >= 4 is 11.6 Å². The average Bonchev–Trinajstić information content (AvgIpc) is 2.43. The first-order valence-electron chi connectivity index (χ1n) is 7.80. The number of rotatable bonds is 4. The van der Waals surface area contributed by atoms with Crippen LogP contribution in [0.2, 0.25) is 0 Å². The molecule has 1 amide bonds. The maximum Gasteiger partial charge on any atom is 0.282 e. The molecule has 0 aliphatic carbocycles. The third-order valence-electron chi connectivity index (χ3n) is 4.79. The summed E-state index contributed by atoms with van der Waals surface area (Å²) in [6, 6.07) is 5.98. The van der Waals surface area contributed by atoms with Crippen molar-refractivity contribution in [1.29, 1.82) is 0 Å². The number of hydrogen-bond acceptors (Lipinski definition) is 2. The summed E-state index contributed by atoms with van der Waals surface area (Å²) in [7, 11) is 2.09. The molecule has 2 N–H and O–H groups in total. The number of nitrogens with one attached hydrogen (secondary N) is 1. The molecule has 0 radical (unpaired) electrons. The van der Waals surface area contributed by atoms with Crippen molar-refractivity contribution in [2.45, 2.75) is 39.2 Å². The van der Waals surface area contributed by atoms with Crippen LogP contribution in [0.1, 0.15) is 30.4 Å². The molecule has 1 aromatic carbocycles. The lowest BCUT2D eigenvalue weighted by molar-refractivity contribution is -0.929. The number of carbonyl (C=O) groups is 1. The van der Waals surface area contributed by atoms with E-state index in [1.54, 1.807) is 0 Å². The second-order valence-electron chi connectivity index (χ2n) is 6.42. The molecule has 2 unspecified atom stereocenters. The van der Waals surface area contributed by atoms with Crippen LogP contribution in [0.25, 0.3) is 0 Å². The molecule has 21 heavy (non-hydrogen) atoms. The third-order valence-corrected chi connectivity index (χ3v) is 4.79. The molecular weight excluding hydrogens is 264 g/mol. The Kier molecular flexibility index (Phi) is 5.01. The zero-order valence-electron chi connectivity index (χ0n) is 13.4. The van der Waals surface area contributed by atoms with Gasteiger partial charge in [0.05, 0.1) is 20.2 Å². The number of aliphatic hydroxyl groups excluding tert-OH is 1. The summed E-state index contributed by atoms with van der Waals surface area (Å²) >= 11 is 0. The fraction of sp³-hybridized carbons (Fsp3) is 0.588. The van der Waals surface area contributed by atoms with Crippen LogP contribution in [0.4, 0.5) is 5.69 Å². The molecule has 1 heterocycles. The van der Waals surface area contributed by atoms with E-state index in [1.165, 1.54) is 0 Å². The molecule has 0 spiro atoms. The third kappa shape index (κ3) is 3.44. The lowest BCUT2D eigenvalue weighted by Crippen LogP contribution is -2.60. The van der Waals surface area contributed by atoms with Crippen LogP contribution in [0, 0.1) is 13.8 Å². The first kappa shape index (κ1) is 16.0. The van der Waals surface area contributed by atoms with E-state index in [4.69, 9.17) is 0 Å². The maximum absolute atomic E-state index is 12.8. The molecule has 2 rings (SSSR count). The normalized spacial score (nSPS) is 25.6. The Hall–Kier alpha value is -1.39. The number of quaternary nitrogens is 1. The van der Waals surface area contributed by atoms with Gasteiger partial charge in [0.25, 0.3) is 5.91 Å². The summed E-state index contributed by atoms with van der Waals surface area (Å²) in [6.07, 6.45) is 3.11. The van der Waals surface area contributed by atoms with Gasteiger partial charge in [-0.2, -0.15) is 0 Å². The number of hydrogen-bond donors (Lipinski definition) is 2. The van der Waals surface area contributed by atoms with Crippen LogP contribution >= 0.6 is 0 Å². The number of carbonyl (C=O) groups excluding carboxylic acids is 1. The van der Waals surface area contributed by atoms with Gasteiger partial charge in [-0.15, -0.1) is 0 Å². The van der Waals surface area contributed by atoms with Gasteiger partial charge in [-0.1, -0.05) is 18.2 Å². The van der Waals surface area contributed by atoms with Gasteiger partial charge in [-0.3, -0.25) is 4.79 Å². The largest absolute Gasteiger partial charge is 0.391 e. The van der Waals surface area contributed by atoms with E-state index in [9.17, 15) is 9.90 Å². The van der Waals surface area contributed by atoms with Gasteiger partial charge in [0.15, 0.2) is 6.04 Å². The van der Waals surface area contributed by atoms with E-state index >= 15 is 0 Å². The Morgan fingerprint density at radius 2 is 2.00 bits per heavy atom. The molecule has 1 aliphatic rings. The predicted octanol–water partition coefficient (Wildman–Crippen LogP) is 2.23. The summed E-state index contributed by atoms with van der Waals surface area (Å²) in [4.78, 5) is 12.8. The number of piperidine rings is 1. The lowest BCUT2D eigenvalue weighted by Gasteiger charge is -2.43. The minimum Gasteiger partial charge on any atom is -0.391 e. The maximum atomic E-state index is 12.8. The summed E-state index contributed by atoms with van der Waals surface area (Å²) in [6.45, 7) is 5.77. The van der Waals surface area contributed by atoms with Crippen LogP contribution < -0.4 is 5.32 Å². The molecule has 4 nitrogen and oxygen atoms in total. The Morgan fingerprint density at radius 1 is 1.33 bits per heavy atom. The van der Waals surface area contributed by atoms with Gasteiger partial charge in [0.1, 0.15) is 6.54 Å². The molecule has 0 saturated carbocycles. The van der Waals surface area contributed by atoms with Crippen LogP contribution in [0.3, 0.4) is 0 Å². The van der Waals surface area contributed by atoms with Crippen molar-refractivity contribution in [3.63, 3.8) is 0 Å². The number of amides is 1. The smallest absolute Gasteiger partial charge is 0.282 e. The number of anilines is 1. The van der Waals surface area contributed by atoms with Crippen molar-refractivity contribution in [2.24, 2.45) is 0 Å². The van der Waals surface area contributed by atoms with Crippen LogP contribution in [0.5, 0.6) is 0 Å². The van der Waals surface area contributed by atoms with Gasteiger partial charge >= 0.3 is 0 Å². The second kappa shape index (κ2) is 6.58. The van der Waals surface area contributed by atoms with Crippen LogP contribution in [-0.4, -0.2) is 48.3 Å². The Balaban J connectivity index is 2.18. The fourth-order valence-electron chi connectivity index (χ4n) is 3.41. The van der Waals surface area contributed by atoms with Crippen molar-refractivity contribution < 1.29 is 14.4 Å². The molecule has 1 aromatic rings. The number of benzene rings is 1. The van der Waals surface area contributed by atoms with Gasteiger partial charge in [-0.25, -0.2) is 0 Å². The van der Waals surface area contributed by atoms with Crippen molar-refractivity contribution in [1.82, 2.24) is 0 Å². The van der Waals surface area contributed by atoms with Gasteiger partial charge in [0, 0.05) is 12.1 Å². The topological polar surface area (TPSA) is 49.3 Å². The van der Waals surface area contributed by atoms with E-state index < -0.39 is 0 Å². The van der Waals surface area contributed by atoms with Crippen molar-refractivity contribution in [3.05, 3.63) is 29.3 Å². The number of aryl methyl sites for hydroxylation is 2. The number of para-hydroxylation sites is 1. The highest BCUT2D eigenvalue weighted by atomic mass is 16.3. The van der Waals surface area contributed by atoms with E-state index in [0.29, 0.717) is 11.0 Å². The molecule has 1 fully saturated rings. The van der Waals surface area contributed by atoms with E-state index in [0.717, 1.165) is 42.6 Å². The number of nitrogens with zero attached hydrogens (tertiary/aromatic N) is 1. The zero-order chi connectivity index (χ0) is 15.5. The highest BCUT2D eigenvalue weighted by Crippen LogP contribution is 2.26. The quantitative estimate of drug-likeness (QED) is 0.836. The minimum absolute atomic E-state index is 0.0649. The molecule has 0 aromatic heterocycles. The highest BCUT2D eigenvalue weighted by molar-refractivity contribution is 5.95. The zero-order valence-corrected chi connectivity index (χ0v) is 13.4. The van der Waals surface area contributed by atoms with Crippen LogP contribution in [-0.2, 0) is 4.79 Å². The summed E-state index contributed by atoms with van der Waals surface area (Å²) in [5.74, 6) is 0.0862. The number of likely N-dealkylation sites (tertiary alicyclic amines) is 1. The highest BCUT2D eigenvalue weighted by Gasteiger charge is 2.40. The number of aliphatic hydroxyl groups is 1. The minimum atomic E-state index is -0.0649. The summed E-state index contributed by atoms with van der Waals surface area (Å²) < 4.78 is 0.646. The first-order valence-corrected chi connectivity index (χ1v) is 7.80. The summed E-state index contributed by atoms with van der Waals surface area (Å²) in [5.41, 5.74) is 3.12. The molecular formula is C17H27N2O2+. The lowest BCUT2D eigenvalue weighted by atomic mass is 9.98. The molecule has 116 valence electrons. The fourth-order valence-corrected chi connectivity index (χ4v) is 3.41. The molecule has 0 bridgehead atoms. The van der Waals surface area contributed by atoms with Gasteiger partial charge in [0.2, 0.25) is 0 Å². The Labute approximate surface area is 127 Å². The number of likely N-dealkylation sites (N-methyl/N-ethyl adjacent to an activating group) is 1. The molecule has 4 heteroatoms. The first-order chi connectivity index (χ1) is 9.98. The van der Waals surface area contributed by atoms with Gasteiger partial charge in [-0.05, 0) is 37.8 Å². The predicted molar refractivity (Wildman–Crippen MR) is 85.2 cm³/mol. The standard InChI is InChI=1S/C17H26N2O2/c1-13-7-6-8-14(2)16(13)18-17(21)15-9-4-5-10-19(15,3)11-12-20/h6-8,15,20H,4-5,9-12H2,1-3H3/p+1. The van der Waals surface area contributed by atoms with Gasteiger partial charge < -0.3 is 14.9 Å².